The fraction of sp³-hybridized carbons (Fsp3) is 0.611. The topological polar surface area (TPSA) is 85.5 Å². The molecule has 1 aromatic rings. The number of rotatable bonds is 6. The lowest BCUT2D eigenvalue weighted by atomic mass is 10.0. The molecule has 0 atom stereocenters. The Bertz CT molecular complexity index is 658. The predicted octanol–water partition coefficient (Wildman–Crippen LogP) is 0.982. The molecule has 2 rings (SSSR count). The van der Waals surface area contributed by atoms with Crippen molar-refractivity contribution < 1.29 is 14.4 Å². The lowest BCUT2D eigenvalue weighted by molar-refractivity contribution is -0.122. The minimum absolute atomic E-state index is 0.00773. The van der Waals surface area contributed by atoms with Crippen LogP contribution >= 0.6 is 0 Å². The van der Waals surface area contributed by atoms with Gasteiger partial charge >= 0.3 is 0 Å². The van der Waals surface area contributed by atoms with E-state index in [0.29, 0.717) is 50.4 Å². The molecule has 1 fully saturated rings. The normalized spacial score (nSPS) is 15.3. The maximum atomic E-state index is 13.0. The van der Waals surface area contributed by atoms with E-state index in [4.69, 9.17) is 0 Å². The van der Waals surface area contributed by atoms with E-state index in [9.17, 15) is 14.4 Å². The van der Waals surface area contributed by atoms with Crippen LogP contribution in [0.1, 0.15) is 52.4 Å². The van der Waals surface area contributed by atoms with E-state index in [1.807, 2.05) is 18.7 Å². The summed E-state index contributed by atoms with van der Waals surface area (Å²) in [6.07, 6.45) is 1.58. The van der Waals surface area contributed by atoms with E-state index in [-0.39, 0.29) is 17.6 Å². The van der Waals surface area contributed by atoms with Gasteiger partial charge in [-0.25, -0.2) is 0 Å². The number of Topliss-reactive ketones (excluding diaryl/α,β-unsaturated/α-hetero) is 1. The molecule has 2 heterocycles. The number of aryl methyl sites for hydroxylation is 1. The monoisotopic (exact) mass is 348 g/mol. The first-order chi connectivity index (χ1) is 11.9. The van der Waals surface area contributed by atoms with Gasteiger partial charge in [-0.1, -0.05) is 13.3 Å². The highest BCUT2D eigenvalue weighted by atomic mass is 16.2. The van der Waals surface area contributed by atoms with Gasteiger partial charge in [-0.05, 0) is 25.8 Å². The van der Waals surface area contributed by atoms with Crippen molar-refractivity contribution in [3.05, 3.63) is 22.5 Å². The van der Waals surface area contributed by atoms with Gasteiger partial charge < -0.3 is 15.2 Å². The van der Waals surface area contributed by atoms with Crippen molar-refractivity contribution in [3.63, 3.8) is 0 Å². The number of likely N-dealkylation sites (N-methyl/N-ethyl adjacent to an activating group) is 1. The van der Waals surface area contributed by atoms with Crippen molar-refractivity contribution in [3.8, 4) is 0 Å². The Labute approximate surface area is 148 Å². The van der Waals surface area contributed by atoms with E-state index >= 15 is 0 Å². The number of piperazine rings is 1. The Morgan fingerprint density at radius 1 is 1.16 bits per heavy atom. The summed E-state index contributed by atoms with van der Waals surface area (Å²) in [7, 11) is 1.62. The van der Waals surface area contributed by atoms with Gasteiger partial charge in [0.05, 0.1) is 6.54 Å². The molecule has 0 aromatic carbocycles. The number of aromatic nitrogens is 1. The second-order valence-corrected chi connectivity index (χ2v) is 6.53. The van der Waals surface area contributed by atoms with Crippen molar-refractivity contribution in [2.45, 2.75) is 33.6 Å². The van der Waals surface area contributed by atoms with Gasteiger partial charge in [-0.3, -0.25) is 19.3 Å². The van der Waals surface area contributed by atoms with Crippen molar-refractivity contribution in [2.75, 3.05) is 39.8 Å². The highest BCUT2D eigenvalue weighted by Crippen LogP contribution is 2.23. The number of ketones is 1. The predicted molar refractivity (Wildman–Crippen MR) is 95.9 cm³/mol. The molecule has 7 nitrogen and oxygen atoms in total. The Kier molecular flexibility index (Phi) is 6.36. The van der Waals surface area contributed by atoms with Gasteiger partial charge in [0.15, 0.2) is 5.78 Å². The Hall–Kier alpha value is -2.15. The molecular formula is C18H28N4O3. The summed E-state index contributed by atoms with van der Waals surface area (Å²) in [6.45, 7) is 8.27. The second-order valence-electron chi connectivity index (χ2n) is 6.53. The standard InChI is InChI=1S/C18H28N4O3/c1-5-6-14-16(13(3)23)12(2)20-17(14)18(25)22-9-7-21(8-10-22)11-15(24)19-4/h20H,5-11H2,1-4H3,(H,19,24). The van der Waals surface area contributed by atoms with Gasteiger partial charge in [0.2, 0.25) is 5.91 Å². The quantitative estimate of drug-likeness (QED) is 0.751. The summed E-state index contributed by atoms with van der Waals surface area (Å²) in [6, 6.07) is 0. The Morgan fingerprint density at radius 2 is 1.80 bits per heavy atom. The van der Waals surface area contributed by atoms with Crippen LogP contribution in [0.5, 0.6) is 0 Å². The minimum atomic E-state index is -0.0568. The van der Waals surface area contributed by atoms with E-state index in [2.05, 4.69) is 10.3 Å². The highest BCUT2D eigenvalue weighted by molar-refractivity contribution is 6.02. The third kappa shape index (κ3) is 4.28. The van der Waals surface area contributed by atoms with Gasteiger partial charge in [-0.2, -0.15) is 0 Å². The Balaban J connectivity index is 2.13. The number of aromatic amines is 1. The number of H-pyrrole nitrogens is 1. The number of carbonyl (C=O) groups is 3. The molecule has 2 N–H and O–H groups in total. The average molecular weight is 348 g/mol. The van der Waals surface area contributed by atoms with E-state index in [1.165, 1.54) is 0 Å². The number of carbonyl (C=O) groups excluding carboxylic acids is 3. The van der Waals surface area contributed by atoms with Crippen LogP contribution < -0.4 is 5.32 Å². The third-order valence-electron chi connectivity index (χ3n) is 4.66. The zero-order valence-corrected chi connectivity index (χ0v) is 15.6. The lowest BCUT2D eigenvalue weighted by Gasteiger charge is -2.34. The average Bonchev–Trinajstić information content (AvgIpc) is 2.91. The summed E-state index contributed by atoms with van der Waals surface area (Å²) >= 11 is 0. The van der Waals surface area contributed by atoms with Crippen molar-refractivity contribution in [1.82, 2.24) is 20.1 Å². The van der Waals surface area contributed by atoms with E-state index in [0.717, 1.165) is 17.7 Å². The molecule has 1 saturated heterocycles. The third-order valence-corrected chi connectivity index (χ3v) is 4.66. The maximum Gasteiger partial charge on any atom is 0.270 e. The second kappa shape index (κ2) is 8.29. The van der Waals surface area contributed by atoms with Crippen LogP contribution in [-0.2, 0) is 11.2 Å². The summed E-state index contributed by atoms with van der Waals surface area (Å²) in [5.74, 6) is -0.0820. The lowest BCUT2D eigenvalue weighted by Crippen LogP contribution is -2.51. The van der Waals surface area contributed by atoms with Crippen LogP contribution in [-0.4, -0.2) is 72.2 Å². The Morgan fingerprint density at radius 3 is 2.32 bits per heavy atom. The van der Waals surface area contributed by atoms with Crippen molar-refractivity contribution >= 4 is 17.6 Å². The summed E-state index contributed by atoms with van der Waals surface area (Å²) in [5, 5.41) is 2.62. The minimum Gasteiger partial charge on any atom is -0.358 e. The molecule has 0 saturated carbocycles. The smallest absolute Gasteiger partial charge is 0.270 e. The molecule has 1 aromatic heterocycles. The molecule has 25 heavy (non-hydrogen) atoms. The van der Waals surface area contributed by atoms with Crippen LogP contribution in [0.25, 0.3) is 0 Å². The van der Waals surface area contributed by atoms with Crippen molar-refractivity contribution in [1.29, 1.82) is 0 Å². The molecule has 0 bridgehead atoms. The van der Waals surface area contributed by atoms with Crippen LogP contribution in [0.3, 0.4) is 0 Å². The van der Waals surface area contributed by atoms with Gasteiger partial charge in [-0.15, -0.1) is 0 Å². The molecule has 138 valence electrons. The first kappa shape index (κ1) is 19.2. The van der Waals surface area contributed by atoms with Gasteiger partial charge in [0, 0.05) is 44.5 Å². The zero-order valence-electron chi connectivity index (χ0n) is 15.6. The van der Waals surface area contributed by atoms with Crippen LogP contribution in [0, 0.1) is 6.92 Å². The molecule has 0 radical (unpaired) electrons. The van der Waals surface area contributed by atoms with E-state index < -0.39 is 0 Å². The molecule has 0 aliphatic carbocycles. The largest absolute Gasteiger partial charge is 0.358 e. The van der Waals surface area contributed by atoms with E-state index in [1.54, 1.807) is 18.9 Å². The molecule has 0 unspecified atom stereocenters. The summed E-state index contributed by atoms with van der Waals surface area (Å²) in [5.41, 5.74) is 2.80. The first-order valence-electron chi connectivity index (χ1n) is 8.83. The first-order valence-corrected chi connectivity index (χ1v) is 8.83. The number of nitrogens with zero attached hydrogens (tertiary/aromatic N) is 2. The van der Waals surface area contributed by atoms with Gasteiger partial charge in [0.1, 0.15) is 5.69 Å². The molecule has 2 amide bonds. The maximum absolute atomic E-state index is 13.0. The zero-order chi connectivity index (χ0) is 18.6. The number of nitrogens with one attached hydrogen (secondary N) is 2. The number of hydrogen-bond donors (Lipinski definition) is 2. The highest BCUT2D eigenvalue weighted by Gasteiger charge is 2.28. The van der Waals surface area contributed by atoms with Crippen LogP contribution in [0.2, 0.25) is 0 Å². The van der Waals surface area contributed by atoms with Crippen LogP contribution in [0.4, 0.5) is 0 Å². The fourth-order valence-corrected chi connectivity index (χ4v) is 3.39. The number of hydrogen-bond acceptors (Lipinski definition) is 4. The molecule has 1 aliphatic heterocycles. The molecule has 1 aliphatic rings. The van der Waals surface area contributed by atoms with Crippen LogP contribution in [0.15, 0.2) is 0 Å². The summed E-state index contributed by atoms with van der Waals surface area (Å²) in [4.78, 5) is 43.4. The van der Waals surface area contributed by atoms with Gasteiger partial charge in [0.25, 0.3) is 5.91 Å². The number of amides is 2. The summed E-state index contributed by atoms with van der Waals surface area (Å²) < 4.78 is 0. The molecule has 7 heteroatoms. The molecule has 0 spiro atoms. The SMILES string of the molecule is CCCc1c(C(=O)N2CCN(CC(=O)NC)CC2)[nH]c(C)c1C(C)=O. The molecular weight excluding hydrogens is 320 g/mol. The van der Waals surface area contributed by atoms with Crippen molar-refractivity contribution in [2.24, 2.45) is 0 Å². The fourth-order valence-electron chi connectivity index (χ4n) is 3.39.